The highest BCUT2D eigenvalue weighted by Crippen LogP contribution is 2.13. The fourth-order valence-corrected chi connectivity index (χ4v) is 2.81. The molecule has 2 heterocycles. The van der Waals surface area contributed by atoms with Crippen molar-refractivity contribution in [2.45, 2.75) is 32.2 Å². The first-order chi connectivity index (χ1) is 7.40. The summed E-state index contributed by atoms with van der Waals surface area (Å²) in [5, 5.41) is 3.51. The summed E-state index contributed by atoms with van der Waals surface area (Å²) in [5.74, 6) is 0. The largest absolute Gasteiger partial charge is 0.315 e. The average Bonchev–Trinajstić information content (AvgIpc) is 2.32. The number of piperidine rings is 1. The monoisotopic (exact) mass is 211 g/mol. The van der Waals surface area contributed by atoms with Crippen molar-refractivity contribution >= 4 is 0 Å². The Bertz CT molecular complexity index is 170. The van der Waals surface area contributed by atoms with Crippen LogP contribution in [0, 0.1) is 0 Å². The molecule has 2 aliphatic heterocycles. The van der Waals surface area contributed by atoms with Crippen molar-refractivity contribution in [1.29, 1.82) is 0 Å². The smallest absolute Gasteiger partial charge is 0.0222 e. The summed E-state index contributed by atoms with van der Waals surface area (Å²) in [4.78, 5) is 5.30. The Kier molecular flexibility index (Phi) is 4.42. The zero-order chi connectivity index (χ0) is 10.5. The fraction of sp³-hybridized carbons (Fsp3) is 1.00. The second-order valence-corrected chi connectivity index (χ2v) is 4.88. The molecule has 2 fully saturated rings. The zero-order valence-electron chi connectivity index (χ0n) is 10.0. The van der Waals surface area contributed by atoms with Crippen LogP contribution in [0.1, 0.15) is 26.2 Å². The predicted octanol–water partition coefficient (Wildman–Crippen LogP) is 0.766. The Balaban J connectivity index is 1.72. The van der Waals surface area contributed by atoms with Gasteiger partial charge < -0.3 is 10.2 Å². The van der Waals surface area contributed by atoms with Gasteiger partial charge in [-0.1, -0.05) is 6.92 Å². The molecule has 1 unspecified atom stereocenters. The van der Waals surface area contributed by atoms with Crippen molar-refractivity contribution in [1.82, 2.24) is 15.1 Å². The summed E-state index contributed by atoms with van der Waals surface area (Å²) in [6.07, 6.45) is 4.06. The summed E-state index contributed by atoms with van der Waals surface area (Å²) < 4.78 is 0. The summed E-state index contributed by atoms with van der Waals surface area (Å²) >= 11 is 0. The van der Waals surface area contributed by atoms with Gasteiger partial charge in [0.25, 0.3) is 0 Å². The lowest BCUT2D eigenvalue weighted by molar-refractivity contribution is 0.0845. The highest BCUT2D eigenvalue weighted by atomic mass is 15.3. The van der Waals surface area contributed by atoms with Crippen molar-refractivity contribution in [3.8, 4) is 0 Å². The highest BCUT2D eigenvalue weighted by molar-refractivity contribution is 4.82. The second-order valence-electron chi connectivity index (χ2n) is 4.88. The van der Waals surface area contributed by atoms with Gasteiger partial charge in [0.15, 0.2) is 0 Å². The fourth-order valence-electron chi connectivity index (χ4n) is 2.81. The normalized spacial score (nSPS) is 30.6. The maximum absolute atomic E-state index is 3.51. The highest BCUT2D eigenvalue weighted by Gasteiger charge is 2.24. The molecule has 2 saturated heterocycles. The lowest BCUT2D eigenvalue weighted by Crippen LogP contribution is -2.54. The number of rotatable bonds is 3. The summed E-state index contributed by atoms with van der Waals surface area (Å²) in [7, 11) is 0. The van der Waals surface area contributed by atoms with Crippen LogP contribution >= 0.6 is 0 Å². The van der Waals surface area contributed by atoms with Crippen molar-refractivity contribution in [3.05, 3.63) is 0 Å². The Morgan fingerprint density at radius 3 is 2.60 bits per heavy atom. The molecule has 2 rings (SSSR count). The molecule has 0 radical (unpaired) electrons. The minimum Gasteiger partial charge on any atom is -0.315 e. The van der Waals surface area contributed by atoms with Gasteiger partial charge in [-0.25, -0.2) is 0 Å². The lowest BCUT2D eigenvalue weighted by atomic mass is 10.1. The number of nitrogens with one attached hydrogen (secondary N) is 1. The summed E-state index contributed by atoms with van der Waals surface area (Å²) in [5.41, 5.74) is 0. The zero-order valence-corrected chi connectivity index (χ0v) is 10.0. The van der Waals surface area contributed by atoms with E-state index in [9.17, 15) is 0 Å². The van der Waals surface area contributed by atoms with Gasteiger partial charge >= 0.3 is 0 Å². The van der Waals surface area contributed by atoms with Crippen LogP contribution in [-0.4, -0.2) is 61.7 Å². The van der Waals surface area contributed by atoms with E-state index in [0.717, 1.165) is 6.04 Å². The molecule has 3 heteroatoms. The van der Waals surface area contributed by atoms with Crippen LogP contribution in [0.4, 0.5) is 0 Å². The molecule has 0 amide bonds. The van der Waals surface area contributed by atoms with E-state index >= 15 is 0 Å². The SMILES string of the molecule is CCCN1CCN(C2CCCNC2)CC1. The quantitative estimate of drug-likeness (QED) is 0.744. The van der Waals surface area contributed by atoms with E-state index in [1.807, 2.05) is 0 Å². The van der Waals surface area contributed by atoms with Gasteiger partial charge in [0.05, 0.1) is 0 Å². The Morgan fingerprint density at radius 1 is 1.20 bits per heavy atom. The maximum atomic E-state index is 3.51. The van der Waals surface area contributed by atoms with Crippen LogP contribution in [-0.2, 0) is 0 Å². The van der Waals surface area contributed by atoms with E-state index in [1.165, 1.54) is 65.1 Å². The van der Waals surface area contributed by atoms with Gasteiger partial charge in [-0.3, -0.25) is 4.90 Å². The van der Waals surface area contributed by atoms with E-state index < -0.39 is 0 Å². The molecular weight excluding hydrogens is 186 g/mol. The molecule has 0 spiro atoms. The first-order valence-electron chi connectivity index (χ1n) is 6.57. The Hall–Kier alpha value is -0.120. The molecule has 0 bridgehead atoms. The first kappa shape index (κ1) is 11.4. The number of piperazine rings is 1. The standard InChI is InChI=1S/C12H25N3/c1-2-6-14-7-9-15(10-8-14)12-4-3-5-13-11-12/h12-13H,2-11H2,1H3. The van der Waals surface area contributed by atoms with Gasteiger partial charge in [-0.15, -0.1) is 0 Å². The molecule has 3 nitrogen and oxygen atoms in total. The molecule has 1 atom stereocenters. The molecule has 2 aliphatic rings. The van der Waals surface area contributed by atoms with Crippen molar-refractivity contribution in [2.24, 2.45) is 0 Å². The van der Waals surface area contributed by atoms with E-state index in [1.54, 1.807) is 0 Å². The molecule has 0 saturated carbocycles. The van der Waals surface area contributed by atoms with Gasteiger partial charge in [-0.05, 0) is 32.4 Å². The maximum Gasteiger partial charge on any atom is 0.0222 e. The average molecular weight is 211 g/mol. The van der Waals surface area contributed by atoms with Gasteiger partial charge in [0.2, 0.25) is 0 Å². The van der Waals surface area contributed by atoms with Gasteiger partial charge in [0, 0.05) is 38.8 Å². The van der Waals surface area contributed by atoms with Crippen molar-refractivity contribution in [3.63, 3.8) is 0 Å². The Labute approximate surface area is 93.8 Å². The molecule has 88 valence electrons. The lowest BCUT2D eigenvalue weighted by Gasteiger charge is -2.40. The van der Waals surface area contributed by atoms with Crippen molar-refractivity contribution in [2.75, 3.05) is 45.8 Å². The minimum atomic E-state index is 0.822. The van der Waals surface area contributed by atoms with Crippen molar-refractivity contribution < 1.29 is 0 Å². The number of hydrogen-bond acceptors (Lipinski definition) is 3. The molecule has 1 N–H and O–H groups in total. The second kappa shape index (κ2) is 5.83. The number of hydrogen-bond donors (Lipinski definition) is 1. The van der Waals surface area contributed by atoms with Gasteiger partial charge in [-0.2, -0.15) is 0 Å². The molecule has 0 aliphatic carbocycles. The molecule has 15 heavy (non-hydrogen) atoms. The molecule has 0 aromatic heterocycles. The van der Waals surface area contributed by atoms with E-state index in [-0.39, 0.29) is 0 Å². The van der Waals surface area contributed by atoms with E-state index in [4.69, 9.17) is 0 Å². The number of nitrogens with zero attached hydrogens (tertiary/aromatic N) is 2. The minimum absolute atomic E-state index is 0.822. The van der Waals surface area contributed by atoms with Crippen LogP contribution in [0.15, 0.2) is 0 Å². The van der Waals surface area contributed by atoms with Crippen LogP contribution in [0.5, 0.6) is 0 Å². The predicted molar refractivity (Wildman–Crippen MR) is 64.2 cm³/mol. The summed E-state index contributed by atoms with van der Waals surface area (Å²) in [6, 6.07) is 0.822. The van der Waals surface area contributed by atoms with Crippen LogP contribution in [0.25, 0.3) is 0 Å². The van der Waals surface area contributed by atoms with Gasteiger partial charge in [0.1, 0.15) is 0 Å². The summed E-state index contributed by atoms with van der Waals surface area (Å²) in [6.45, 7) is 11.1. The first-order valence-corrected chi connectivity index (χ1v) is 6.57. The van der Waals surface area contributed by atoms with E-state index in [0.29, 0.717) is 0 Å². The molecule has 0 aromatic rings. The third-order valence-electron chi connectivity index (χ3n) is 3.73. The molecular formula is C12H25N3. The van der Waals surface area contributed by atoms with Crippen LogP contribution in [0.3, 0.4) is 0 Å². The third kappa shape index (κ3) is 3.16. The van der Waals surface area contributed by atoms with E-state index in [2.05, 4.69) is 22.0 Å². The van der Waals surface area contributed by atoms with Crippen LogP contribution in [0.2, 0.25) is 0 Å². The van der Waals surface area contributed by atoms with Crippen LogP contribution < -0.4 is 5.32 Å². The topological polar surface area (TPSA) is 18.5 Å². The third-order valence-corrected chi connectivity index (χ3v) is 3.73. The Morgan fingerprint density at radius 2 is 2.00 bits per heavy atom. The molecule has 0 aromatic carbocycles.